The molecule has 3 heteroatoms. The molecule has 3 nitrogen and oxygen atoms in total. The van der Waals surface area contributed by atoms with Crippen molar-refractivity contribution in [1.29, 1.82) is 0 Å². The molecule has 2 aliphatic rings. The van der Waals surface area contributed by atoms with E-state index in [2.05, 4.69) is 5.32 Å². The van der Waals surface area contributed by atoms with Crippen LogP contribution in [-0.2, 0) is 0 Å². The Hall–Kier alpha value is -0.730. The molecule has 1 saturated heterocycles. The van der Waals surface area contributed by atoms with Crippen LogP contribution in [0.1, 0.15) is 32.1 Å². The van der Waals surface area contributed by atoms with E-state index in [4.69, 9.17) is 0 Å². The smallest absolute Gasteiger partial charge is 0.317 e. The second kappa shape index (κ2) is 3.99. The Kier molecular flexibility index (Phi) is 2.71. The first-order chi connectivity index (χ1) is 6.36. The normalized spacial score (nSPS) is 22.0. The lowest BCUT2D eigenvalue weighted by atomic mass is 10.3. The third-order valence-corrected chi connectivity index (χ3v) is 2.92. The maximum absolute atomic E-state index is 11.5. The van der Waals surface area contributed by atoms with E-state index < -0.39 is 0 Å². The molecular weight excluding hydrogens is 164 g/mol. The molecule has 0 aromatic rings. The first-order valence-corrected chi connectivity index (χ1v) is 5.39. The van der Waals surface area contributed by atoms with Gasteiger partial charge in [0.1, 0.15) is 0 Å². The van der Waals surface area contributed by atoms with Crippen molar-refractivity contribution < 1.29 is 4.79 Å². The molecule has 0 radical (unpaired) electrons. The average molecular weight is 182 g/mol. The number of hydrogen-bond donors (Lipinski definition) is 1. The van der Waals surface area contributed by atoms with E-state index in [0.717, 1.165) is 25.6 Å². The monoisotopic (exact) mass is 182 g/mol. The van der Waals surface area contributed by atoms with Crippen molar-refractivity contribution in [2.45, 2.75) is 32.1 Å². The number of likely N-dealkylation sites (tertiary alicyclic amines) is 1. The van der Waals surface area contributed by atoms with E-state index in [1.807, 2.05) is 4.90 Å². The van der Waals surface area contributed by atoms with Crippen LogP contribution in [0.5, 0.6) is 0 Å². The number of urea groups is 1. The van der Waals surface area contributed by atoms with Gasteiger partial charge in [0.2, 0.25) is 0 Å². The first kappa shape index (κ1) is 8.85. The SMILES string of the molecule is O=C(NCCC1CC1)N1CCCC1. The third-order valence-electron chi connectivity index (χ3n) is 2.92. The molecule has 1 aliphatic carbocycles. The van der Waals surface area contributed by atoms with Crippen LogP contribution in [-0.4, -0.2) is 30.6 Å². The van der Waals surface area contributed by atoms with Gasteiger partial charge in [-0.05, 0) is 25.2 Å². The Morgan fingerprint density at radius 1 is 1.31 bits per heavy atom. The highest BCUT2D eigenvalue weighted by Gasteiger charge is 2.22. The van der Waals surface area contributed by atoms with Crippen molar-refractivity contribution in [1.82, 2.24) is 10.2 Å². The molecule has 13 heavy (non-hydrogen) atoms. The van der Waals surface area contributed by atoms with Crippen molar-refractivity contribution in [3.8, 4) is 0 Å². The summed E-state index contributed by atoms with van der Waals surface area (Å²) >= 11 is 0. The van der Waals surface area contributed by atoms with E-state index in [1.54, 1.807) is 0 Å². The van der Waals surface area contributed by atoms with Crippen LogP contribution in [0.4, 0.5) is 4.79 Å². The fraction of sp³-hybridized carbons (Fsp3) is 0.900. The summed E-state index contributed by atoms with van der Waals surface area (Å²) in [6.07, 6.45) is 6.28. The summed E-state index contributed by atoms with van der Waals surface area (Å²) in [7, 11) is 0. The fourth-order valence-electron chi connectivity index (χ4n) is 1.82. The predicted molar refractivity (Wildman–Crippen MR) is 51.5 cm³/mol. The molecule has 0 spiro atoms. The molecule has 1 saturated carbocycles. The Bertz CT molecular complexity index is 183. The van der Waals surface area contributed by atoms with Crippen molar-refractivity contribution in [2.24, 2.45) is 5.92 Å². The first-order valence-electron chi connectivity index (χ1n) is 5.39. The molecule has 1 N–H and O–H groups in total. The largest absolute Gasteiger partial charge is 0.338 e. The lowest BCUT2D eigenvalue weighted by Crippen LogP contribution is -2.38. The maximum atomic E-state index is 11.5. The van der Waals surface area contributed by atoms with Crippen molar-refractivity contribution in [3.63, 3.8) is 0 Å². The average Bonchev–Trinajstić information content (AvgIpc) is 2.80. The highest BCUT2D eigenvalue weighted by atomic mass is 16.2. The lowest BCUT2D eigenvalue weighted by molar-refractivity contribution is 0.208. The van der Waals surface area contributed by atoms with E-state index >= 15 is 0 Å². The van der Waals surface area contributed by atoms with E-state index in [-0.39, 0.29) is 6.03 Å². The Morgan fingerprint density at radius 2 is 2.00 bits per heavy atom. The standard InChI is InChI=1S/C10H18N2O/c13-10(12-7-1-2-8-12)11-6-5-9-3-4-9/h9H,1-8H2,(H,11,13). The van der Waals surface area contributed by atoms with Crippen LogP contribution < -0.4 is 5.32 Å². The van der Waals surface area contributed by atoms with Crippen LogP contribution in [0.15, 0.2) is 0 Å². The van der Waals surface area contributed by atoms with Gasteiger partial charge < -0.3 is 10.2 Å². The second-order valence-corrected chi connectivity index (χ2v) is 4.16. The van der Waals surface area contributed by atoms with E-state index in [1.165, 1.54) is 32.1 Å². The summed E-state index contributed by atoms with van der Waals surface area (Å²) in [5, 5.41) is 2.98. The molecule has 0 atom stereocenters. The highest BCUT2D eigenvalue weighted by molar-refractivity contribution is 5.74. The van der Waals surface area contributed by atoms with Gasteiger partial charge in [-0.1, -0.05) is 12.8 Å². The minimum absolute atomic E-state index is 0.151. The van der Waals surface area contributed by atoms with E-state index in [0.29, 0.717) is 0 Å². The molecule has 0 unspecified atom stereocenters. The minimum Gasteiger partial charge on any atom is -0.338 e. The van der Waals surface area contributed by atoms with Gasteiger partial charge in [-0.15, -0.1) is 0 Å². The van der Waals surface area contributed by atoms with Crippen LogP contribution in [0.3, 0.4) is 0 Å². The molecule has 0 aromatic heterocycles. The second-order valence-electron chi connectivity index (χ2n) is 4.16. The van der Waals surface area contributed by atoms with Crippen molar-refractivity contribution in [2.75, 3.05) is 19.6 Å². The zero-order valence-corrected chi connectivity index (χ0v) is 8.09. The molecule has 2 fully saturated rings. The van der Waals surface area contributed by atoms with Crippen molar-refractivity contribution in [3.05, 3.63) is 0 Å². The van der Waals surface area contributed by atoms with E-state index in [9.17, 15) is 4.79 Å². The molecule has 2 amide bonds. The van der Waals surface area contributed by atoms with Crippen molar-refractivity contribution >= 4 is 6.03 Å². The molecule has 1 aliphatic heterocycles. The number of rotatable bonds is 3. The number of nitrogens with zero attached hydrogens (tertiary/aromatic N) is 1. The third kappa shape index (κ3) is 2.61. The predicted octanol–water partition coefficient (Wildman–Crippen LogP) is 1.59. The van der Waals surface area contributed by atoms with Gasteiger partial charge in [-0.3, -0.25) is 0 Å². The van der Waals surface area contributed by atoms with Crippen LogP contribution in [0.2, 0.25) is 0 Å². The molecular formula is C10H18N2O. The number of carbonyl (C=O) groups excluding carboxylic acids is 1. The van der Waals surface area contributed by atoms with Crippen LogP contribution in [0, 0.1) is 5.92 Å². The summed E-state index contributed by atoms with van der Waals surface area (Å²) in [5.74, 6) is 0.916. The number of nitrogens with one attached hydrogen (secondary N) is 1. The summed E-state index contributed by atoms with van der Waals surface area (Å²) in [4.78, 5) is 13.4. The fourth-order valence-corrected chi connectivity index (χ4v) is 1.82. The molecule has 0 bridgehead atoms. The summed E-state index contributed by atoms with van der Waals surface area (Å²) in [6, 6.07) is 0.151. The van der Waals surface area contributed by atoms with Gasteiger partial charge in [0.05, 0.1) is 0 Å². The Labute approximate surface area is 79.5 Å². The zero-order valence-electron chi connectivity index (χ0n) is 8.09. The van der Waals surface area contributed by atoms with Crippen LogP contribution >= 0.6 is 0 Å². The topological polar surface area (TPSA) is 32.3 Å². The van der Waals surface area contributed by atoms with Gasteiger partial charge in [-0.25, -0.2) is 4.79 Å². The van der Waals surface area contributed by atoms with Crippen LogP contribution in [0.25, 0.3) is 0 Å². The zero-order chi connectivity index (χ0) is 9.10. The number of carbonyl (C=O) groups is 1. The quantitative estimate of drug-likeness (QED) is 0.706. The Balaban J connectivity index is 1.59. The molecule has 2 rings (SSSR count). The number of hydrogen-bond acceptors (Lipinski definition) is 1. The van der Waals surface area contributed by atoms with Gasteiger partial charge >= 0.3 is 6.03 Å². The minimum atomic E-state index is 0.151. The molecule has 74 valence electrons. The van der Waals surface area contributed by atoms with Gasteiger partial charge in [-0.2, -0.15) is 0 Å². The molecule has 0 aromatic carbocycles. The summed E-state index contributed by atoms with van der Waals surface area (Å²) in [5.41, 5.74) is 0. The van der Waals surface area contributed by atoms with Gasteiger partial charge in [0.15, 0.2) is 0 Å². The highest BCUT2D eigenvalue weighted by Crippen LogP contribution is 2.31. The Morgan fingerprint density at radius 3 is 2.62 bits per heavy atom. The molecule has 1 heterocycles. The number of amides is 2. The summed E-state index contributed by atoms with van der Waals surface area (Å²) in [6.45, 7) is 2.78. The lowest BCUT2D eigenvalue weighted by Gasteiger charge is -2.15. The van der Waals surface area contributed by atoms with Gasteiger partial charge in [0.25, 0.3) is 0 Å². The maximum Gasteiger partial charge on any atom is 0.317 e. The summed E-state index contributed by atoms with van der Waals surface area (Å²) < 4.78 is 0. The van der Waals surface area contributed by atoms with Gasteiger partial charge in [0, 0.05) is 19.6 Å².